The molecule has 0 bridgehead atoms. The van der Waals surface area contributed by atoms with Crippen LogP contribution in [-0.2, 0) is 9.59 Å². The van der Waals surface area contributed by atoms with Crippen LogP contribution in [0.5, 0.6) is 0 Å². The lowest BCUT2D eigenvalue weighted by Crippen LogP contribution is -2.47. The Kier molecular flexibility index (Phi) is 4.52. The topological polar surface area (TPSA) is 81.2 Å². The molecule has 4 amide bonds. The van der Waals surface area contributed by atoms with Crippen LogP contribution in [0.1, 0.15) is 20.8 Å². The van der Waals surface area contributed by atoms with E-state index in [1.165, 1.54) is 16.8 Å². The van der Waals surface area contributed by atoms with Gasteiger partial charge in [-0.25, -0.2) is 4.79 Å². The maximum absolute atomic E-state index is 12.1. The van der Waals surface area contributed by atoms with Crippen LogP contribution in [0, 0.1) is 0 Å². The van der Waals surface area contributed by atoms with E-state index >= 15 is 0 Å². The third-order valence-corrected chi connectivity index (χ3v) is 2.84. The predicted molar refractivity (Wildman–Crippen MR) is 68.3 cm³/mol. The molecule has 7 nitrogen and oxygen atoms in total. The first kappa shape index (κ1) is 15.4. The quantitative estimate of drug-likeness (QED) is 0.684. The van der Waals surface area contributed by atoms with Gasteiger partial charge in [0.2, 0.25) is 5.91 Å². The first-order chi connectivity index (χ1) is 8.65. The van der Waals surface area contributed by atoms with Crippen molar-refractivity contribution in [1.82, 2.24) is 14.7 Å². The number of amides is 4. The van der Waals surface area contributed by atoms with E-state index in [1.807, 2.05) is 0 Å². The van der Waals surface area contributed by atoms with Gasteiger partial charge in [-0.2, -0.15) is 0 Å². The largest absolute Gasteiger partial charge is 0.389 e. The Balaban J connectivity index is 2.68. The third kappa shape index (κ3) is 3.92. The number of likely N-dealkylation sites (N-methyl/N-ethyl adjacent to an activating group) is 2. The molecule has 108 valence electrons. The Morgan fingerprint density at radius 1 is 1.42 bits per heavy atom. The molecule has 1 aliphatic heterocycles. The highest BCUT2D eigenvalue weighted by atomic mass is 16.3. The fourth-order valence-corrected chi connectivity index (χ4v) is 1.90. The maximum atomic E-state index is 12.1. The molecule has 19 heavy (non-hydrogen) atoms. The Morgan fingerprint density at radius 3 is 2.37 bits per heavy atom. The molecule has 7 heteroatoms. The average Bonchev–Trinajstić information content (AvgIpc) is 2.51. The van der Waals surface area contributed by atoms with Gasteiger partial charge < -0.3 is 14.9 Å². The van der Waals surface area contributed by atoms with Gasteiger partial charge in [-0.3, -0.25) is 14.5 Å². The summed E-state index contributed by atoms with van der Waals surface area (Å²) in [6.07, 6.45) is 0. The monoisotopic (exact) mass is 271 g/mol. The highest BCUT2D eigenvalue weighted by molar-refractivity contribution is 6.04. The predicted octanol–water partition coefficient (Wildman–Crippen LogP) is -0.500. The van der Waals surface area contributed by atoms with E-state index in [2.05, 4.69) is 0 Å². The maximum Gasteiger partial charge on any atom is 0.327 e. The molecule has 1 heterocycles. The lowest BCUT2D eigenvalue weighted by Gasteiger charge is -2.29. The number of hydrogen-bond acceptors (Lipinski definition) is 4. The Bertz CT molecular complexity index is 389. The van der Waals surface area contributed by atoms with Crippen LogP contribution in [-0.4, -0.2) is 76.5 Å². The summed E-state index contributed by atoms with van der Waals surface area (Å²) in [5.74, 6) is -0.721. The van der Waals surface area contributed by atoms with Crippen LogP contribution >= 0.6 is 0 Å². The molecule has 1 aliphatic rings. The molecule has 1 saturated heterocycles. The molecule has 0 aromatic carbocycles. The van der Waals surface area contributed by atoms with Crippen LogP contribution in [0.4, 0.5) is 4.79 Å². The third-order valence-electron chi connectivity index (χ3n) is 2.84. The summed E-state index contributed by atoms with van der Waals surface area (Å²) in [5, 5.41) is 9.73. The minimum absolute atomic E-state index is 0.00370. The normalized spacial score (nSPS) is 16.3. The summed E-state index contributed by atoms with van der Waals surface area (Å²) < 4.78 is 0. The van der Waals surface area contributed by atoms with Crippen molar-refractivity contribution in [2.24, 2.45) is 0 Å². The van der Waals surface area contributed by atoms with Gasteiger partial charge >= 0.3 is 6.03 Å². The summed E-state index contributed by atoms with van der Waals surface area (Å²) in [6, 6.07) is -0.460. The van der Waals surface area contributed by atoms with Crippen molar-refractivity contribution in [1.29, 1.82) is 0 Å². The molecule has 1 N–H and O–H groups in total. The van der Waals surface area contributed by atoms with Gasteiger partial charge in [0, 0.05) is 20.1 Å². The molecule has 0 aromatic rings. The molecule has 0 spiro atoms. The van der Waals surface area contributed by atoms with Gasteiger partial charge in [-0.15, -0.1) is 0 Å². The fraction of sp³-hybridized carbons (Fsp3) is 0.750. The lowest BCUT2D eigenvalue weighted by atomic mass is 10.1. The first-order valence-corrected chi connectivity index (χ1v) is 6.21. The van der Waals surface area contributed by atoms with Crippen molar-refractivity contribution in [2.75, 3.05) is 33.2 Å². The van der Waals surface area contributed by atoms with Crippen LogP contribution in [0.2, 0.25) is 0 Å². The van der Waals surface area contributed by atoms with Gasteiger partial charge in [0.05, 0.1) is 5.60 Å². The van der Waals surface area contributed by atoms with Crippen molar-refractivity contribution in [3.8, 4) is 0 Å². The molecule has 0 aromatic heterocycles. The van der Waals surface area contributed by atoms with E-state index < -0.39 is 11.6 Å². The van der Waals surface area contributed by atoms with E-state index in [9.17, 15) is 19.5 Å². The molecule has 0 saturated carbocycles. The highest BCUT2D eigenvalue weighted by Gasteiger charge is 2.36. The summed E-state index contributed by atoms with van der Waals surface area (Å²) in [6.45, 7) is 5.29. The lowest BCUT2D eigenvalue weighted by molar-refractivity contribution is -0.138. The highest BCUT2D eigenvalue weighted by Crippen LogP contribution is 2.10. The molecule has 0 unspecified atom stereocenters. The molecule has 0 aliphatic carbocycles. The molecule has 0 radical (unpaired) electrons. The number of imide groups is 1. The Labute approximate surface area is 112 Å². The van der Waals surface area contributed by atoms with Gasteiger partial charge in [0.15, 0.2) is 0 Å². The zero-order chi connectivity index (χ0) is 14.8. The summed E-state index contributed by atoms with van der Waals surface area (Å²) >= 11 is 0. The summed E-state index contributed by atoms with van der Waals surface area (Å²) in [7, 11) is 1.51. The van der Waals surface area contributed by atoms with Crippen molar-refractivity contribution in [3.63, 3.8) is 0 Å². The molecular formula is C12H21N3O4. The second kappa shape index (κ2) is 5.56. The van der Waals surface area contributed by atoms with Crippen molar-refractivity contribution in [3.05, 3.63) is 0 Å². The minimum atomic E-state index is -1.01. The van der Waals surface area contributed by atoms with E-state index in [1.54, 1.807) is 20.8 Å². The number of aliphatic hydroxyl groups is 1. The standard InChI is InChI=1S/C12H21N3O4/c1-5-14(8-12(2,3)19)9(16)7-15-10(17)6-13(4)11(15)18/h19H,5-8H2,1-4H3. The summed E-state index contributed by atoms with van der Waals surface area (Å²) in [4.78, 5) is 38.9. The fourth-order valence-electron chi connectivity index (χ4n) is 1.90. The van der Waals surface area contributed by atoms with Crippen LogP contribution < -0.4 is 0 Å². The number of hydrogen-bond donors (Lipinski definition) is 1. The zero-order valence-electron chi connectivity index (χ0n) is 11.8. The summed E-state index contributed by atoms with van der Waals surface area (Å²) in [5.41, 5.74) is -1.01. The number of nitrogens with zero attached hydrogens (tertiary/aromatic N) is 3. The Hall–Kier alpha value is -1.63. The van der Waals surface area contributed by atoms with Crippen molar-refractivity contribution >= 4 is 17.8 Å². The molecule has 1 rings (SSSR count). The van der Waals surface area contributed by atoms with Gasteiger partial charge in [-0.05, 0) is 20.8 Å². The van der Waals surface area contributed by atoms with Crippen LogP contribution in [0.25, 0.3) is 0 Å². The number of rotatable bonds is 5. The number of carbonyl (C=O) groups excluding carboxylic acids is 3. The first-order valence-electron chi connectivity index (χ1n) is 6.21. The van der Waals surface area contributed by atoms with E-state index in [4.69, 9.17) is 0 Å². The minimum Gasteiger partial charge on any atom is -0.389 e. The van der Waals surface area contributed by atoms with E-state index in [-0.39, 0.29) is 31.4 Å². The molecular weight excluding hydrogens is 250 g/mol. The molecule has 1 fully saturated rings. The van der Waals surface area contributed by atoms with E-state index in [0.717, 1.165) is 4.90 Å². The number of urea groups is 1. The second-order valence-electron chi connectivity index (χ2n) is 5.34. The molecule has 0 atom stereocenters. The zero-order valence-corrected chi connectivity index (χ0v) is 11.8. The van der Waals surface area contributed by atoms with E-state index in [0.29, 0.717) is 6.54 Å². The van der Waals surface area contributed by atoms with Gasteiger partial charge in [0.1, 0.15) is 13.1 Å². The second-order valence-corrected chi connectivity index (χ2v) is 5.34. The van der Waals surface area contributed by atoms with Gasteiger partial charge in [0.25, 0.3) is 5.91 Å². The number of carbonyl (C=O) groups is 3. The van der Waals surface area contributed by atoms with Gasteiger partial charge in [-0.1, -0.05) is 0 Å². The smallest absolute Gasteiger partial charge is 0.327 e. The Morgan fingerprint density at radius 2 is 2.00 bits per heavy atom. The average molecular weight is 271 g/mol. The van der Waals surface area contributed by atoms with Crippen LogP contribution in [0.15, 0.2) is 0 Å². The van der Waals surface area contributed by atoms with Crippen molar-refractivity contribution < 1.29 is 19.5 Å². The van der Waals surface area contributed by atoms with Crippen molar-refractivity contribution in [2.45, 2.75) is 26.4 Å². The van der Waals surface area contributed by atoms with Crippen LogP contribution in [0.3, 0.4) is 0 Å². The SMILES string of the molecule is CCN(CC(C)(C)O)C(=O)CN1C(=O)CN(C)C1=O.